The Morgan fingerprint density at radius 2 is 0.618 bits per heavy atom. The molecule has 0 aliphatic carbocycles. The Morgan fingerprint density at radius 1 is 0.318 bits per heavy atom. The summed E-state index contributed by atoms with van der Waals surface area (Å²) in [6.45, 7) is 3.94. The molecule has 0 atom stereocenters. The molecular formula is C82H70F6N12O10. The van der Waals surface area contributed by atoms with Gasteiger partial charge in [-0.05, 0) is 68.4 Å². The smallest absolute Gasteiger partial charge is 0.418 e. The van der Waals surface area contributed by atoms with Crippen molar-refractivity contribution in [2.45, 2.75) is 58.9 Å². The number of halogens is 6. The van der Waals surface area contributed by atoms with E-state index in [1.54, 1.807) is 81.0 Å². The van der Waals surface area contributed by atoms with Crippen LogP contribution < -0.4 is 0 Å². The second-order valence-corrected chi connectivity index (χ2v) is 24.5. The Kier molecular flexibility index (Phi) is 24.4. The van der Waals surface area contributed by atoms with Gasteiger partial charge >= 0.3 is 42.2 Å². The highest BCUT2D eigenvalue weighted by molar-refractivity contribution is 5.99. The summed E-state index contributed by atoms with van der Waals surface area (Å²) in [6, 6.07) is 64.6. The van der Waals surface area contributed by atoms with E-state index >= 15 is 0 Å². The average molecular weight is 1500 g/mol. The second-order valence-electron chi connectivity index (χ2n) is 24.5. The highest BCUT2D eigenvalue weighted by Gasteiger charge is 2.36. The quantitative estimate of drug-likeness (QED) is 0.0526. The van der Waals surface area contributed by atoms with Gasteiger partial charge in [-0.15, -0.1) is 0 Å². The minimum absolute atomic E-state index is 0.0718. The number of hydrogen-bond donors (Lipinski definition) is 0. The summed E-state index contributed by atoms with van der Waals surface area (Å²) < 4.78 is 109. The number of fused-ring (bicyclic) bond motifs is 5. The molecule has 0 spiro atoms. The van der Waals surface area contributed by atoms with E-state index in [2.05, 4.69) is 83.0 Å². The number of nitrogens with zero attached hydrogens (tertiary/aromatic N) is 12. The van der Waals surface area contributed by atoms with Crippen molar-refractivity contribution in [1.29, 1.82) is 0 Å². The number of para-hydroxylation sites is 5. The number of carbonyl (C=O) groups is 5. The van der Waals surface area contributed by atoms with Crippen LogP contribution in [0.5, 0.6) is 0 Å². The average Bonchev–Trinajstić information content (AvgIpc) is 1.63. The van der Waals surface area contributed by atoms with E-state index < -0.39 is 42.0 Å². The molecule has 0 bridgehead atoms. The molecule has 0 aliphatic heterocycles. The number of ether oxygens (including phenoxy) is 5. The van der Waals surface area contributed by atoms with Gasteiger partial charge in [-0.1, -0.05) is 175 Å². The Hall–Kier alpha value is -13.7. The second kappa shape index (κ2) is 34.7. The predicted molar refractivity (Wildman–Crippen MR) is 401 cm³/mol. The largest absolute Gasteiger partial charge is 0.468 e. The minimum Gasteiger partial charge on any atom is -0.468 e. The number of methoxy groups -OCH3 is 5. The zero-order valence-electron chi connectivity index (χ0n) is 60.3. The first-order valence-electron chi connectivity index (χ1n) is 33.8. The molecular weight excluding hydrogens is 1430 g/mol. The summed E-state index contributed by atoms with van der Waals surface area (Å²) in [5, 5.41) is 26.4. The van der Waals surface area contributed by atoms with Gasteiger partial charge in [-0.2, -0.15) is 51.8 Å². The lowest BCUT2D eigenvalue weighted by Gasteiger charge is -2.10. The Bertz CT molecular complexity index is 5640. The van der Waals surface area contributed by atoms with Gasteiger partial charge in [0.2, 0.25) is 0 Å². The van der Waals surface area contributed by atoms with E-state index in [1.807, 2.05) is 103 Å². The SMILES string of the molecule is COC(=O)Cn1nc(-c2ccc(C(F)(F)F)cc2)c2ccccc21.COC(=O)Cn1nc(-c2cccc(C)c2)c2ccccc21.COC(=O)Cn1nc(-c2cccc(C)c2)c2ccccc21.COC(=O)Cn1nc(-c2ccccc2)c2cccc(C(F)(F)F)c21.COC(=O)Cn1nc(-c2cncnc2)c2ccccc21. The van der Waals surface area contributed by atoms with E-state index in [9.17, 15) is 50.3 Å². The van der Waals surface area contributed by atoms with Gasteiger partial charge in [-0.25, -0.2) is 9.97 Å². The number of rotatable bonds is 15. The van der Waals surface area contributed by atoms with E-state index in [0.29, 0.717) is 33.4 Å². The van der Waals surface area contributed by atoms with Crippen LogP contribution in [0.3, 0.4) is 0 Å². The third-order valence-corrected chi connectivity index (χ3v) is 17.2. The zero-order chi connectivity index (χ0) is 78.2. The van der Waals surface area contributed by atoms with Gasteiger partial charge in [0.05, 0.1) is 74.3 Å². The summed E-state index contributed by atoms with van der Waals surface area (Å²) >= 11 is 0. The van der Waals surface area contributed by atoms with E-state index in [0.717, 1.165) is 94.7 Å². The molecule has 15 rings (SSSR count). The Morgan fingerprint density at radius 3 is 0.982 bits per heavy atom. The summed E-state index contributed by atoms with van der Waals surface area (Å²) in [6.07, 6.45) is -4.07. The molecule has 0 fully saturated rings. The standard InChI is InChI=1S/2C17H13F3N2O2.2C17H16N2O2.C14H12N4O2/c1-24-14(23)10-22-16-12(8-5-9-13(16)17(18,19)20)15(21-22)11-6-3-2-4-7-11;1-24-15(23)10-22-14-5-3-2-4-13(14)16(21-22)11-6-8-12(9-7-11)17(18,19)20;2*1-12-6-5-7-13(10-12)17-14-8-3-4-9-15(14)19(18-17)11-16(20)21-2;1-20-13(19)8-18-12-5-3-2-4-11(12)14(17-18)10-6-15-9-16-7-10/h2*2-9H,10H2,1H3;2*3-10H,11H2,1-2H3;2-7,9H,8H2,1H3. The van der Waals surface area contributed by atoms with Gasteiger partial charge in [-0.3, -0.25) is 47.4 Å². The highest BCUT2D eigenvalue weighted by Crippen LogP contribution is 2.39. The third kappa shape index (κ3) is 18.2. The van der Waals surface area contributed by atoms with Crippen LogP contribution in [0, 0.1) is 13.8 Å². The van der Waals surface area contributed by atoms with Crippen LogP contribution in [0.25, 0.3) is 111 Å². The lowest BCUT2D eigenvalue weighted by Crippen LogP contribution is -2.15. The molecule has 0 N–H and O–H groups in total. The monoisotopic (exact) mass is 1500 g/mol. The molecule has 15 aromatic rings. The lowest BCUT2D eigenvalue weighted by molar-refractivity contribution is -0.142. The Labute approximate surface area is 624 Å². The molecule has 560 valence electrons. The molecule has 0 radical (unpaired) electrons. The van der Waals surface area contributed by atoms with Gasteiger partial charge < -0.3 is 23.7 Å². The van der Waals surface area contributed by atoms with Gasteiger partial charge in [0.1, 0.15) is 67.5 Å². The number of aryl methyl sites for hydroxylation is 2. The minimum atomic E-state index is -4.55. The van der Waals surface area contributed by atoms with Crippen molar-refractivity contribution in [3.63, 3.8) is 0 Å². The molecule has 6 aromatic heterocycles. The summed E-state index contributed by atoms with van der Waals surface area (Å²) in [5.74, 6) is -2.08. The fourth-order valence-corrected chi connectivity index (χ4v) is 12.0. The van der Waals surface area contributed by atoms with Gasteiger partial charge in [0, 0.05) is 67.1 Å². The molecule has 0 amide bonds. The first-order valence-corrected chi connectivity index (χ1v) is 33.8. The molecule has 110 heavy (non-hydrogen) atoms. The molecule has 0 saturated carbocycles. The Balaban J connectivity index is 0.000000137. The van der Waals surface area contributed by atoms with Crippen molar-refractivity contribution in [2.24, 2.45) is 0 Å². The molecule has 0 unspecified atom stereocenters. The number of benzene rings is 9. The van der Waals surface area contributed by atoms with Crippen LogP contribution in [-0.4, -0.2) is 124 Å². The molecule has 22 nitrogen and oxygen atoms in total. The van der Waals surface area contributed by atoms with Crippen molar-refractivity contribution < 1.29 is 74.0 Å². The normalized spacial score (nSPS) is 11.1. The van der Waals surface area contributed by atoms with Crippen LogP contribution in [0.15, 0.2) is 237 Å². The number of esters is 5. The van der Waals surface area contributed by atoms with Crippen LogP contribution in [0.4, 0.5) is 26.3 Å². The molecule has 6 heterocycles. The van der Waals surface area contributed by atoms with Crippen LogP contribution >= 0.6 is 0 Å². The fraction of sp³-hybridized carbons (Fsp3) is 0.171. The molecule has 28 heteroatoms. The van der Waals surface area contributed by atoms with Crippen LogP contribution in [0.1, 0.15) is 22.3 Å². The number of hydrogen-bond acceptors (Lipinski definition) is 17. The van der Waals surface area contributed by atoms with Crippen molar-refractivity contribution in [1.82, 2.24) is 58.9 Å². The van der Waals surface area contributed by atoms with Gasteiger partial charge in [0.15, 0.2) is 0 Å². The number of aromatic nitrogens is 12. The highest BCUT2D eigenvalue weighted by atomic mass is 19.4. The molecule has 0 saturated heterocycles. The third-order valence-electron chi connectivity index (χ3n) is 17.2. The fourth-order valence-electron chi connectivity index (χ4n) is 12.0. The molecule has 0 aliphatic rings. The summed E-state index contributed by atoms with van der Waals surface area (Å²) in [5.41, 5.74) is 11.7. The lowest BCUT2D eigenvalue weighted by atomic mass is 10.0. The summed E-state index contributed by atoms with van der Waals surface area (Å²) in [4.78, 5) is 65.6. The van der Waals surface area contributed by atoms with Crippen molar-refractivity contribution in [3.8, 4) is 56.3 Å². The predicted octanol–water partition coefficient (Wildman–Crippen LogP) is 15.8. The van der Waals surface area contributed by atoms with E-state index in [1.165, 1.54) is 75.9 Å². The van der Waals surface area contributed by atoms with E-state index in [-0.39, 0.29) is 49.6 Å². The topological polar surface area (TPSA) is 246 Å². The maximum atomic E-state index is 13.4. The number of carbonyl (C=O) groups excluding carboxylic acids is 5. The maximum absolute atomic E-state index is 13.4. The van der Waals surface area contributed by atoms with Gasteiger partial charge in [0.25, 0.3) is 0 Å². The molecule has 9 aromatic carbocycles. The zero-order valence-corrected chi connectivity index (χ0v) is 60.3. The van der Waals surface area contributed by atoms with E-state index in [4.69, 9.17) is 14.2 Å². The van der Waals surface area contributed by atoms with Crippen LogP contribution in [0.2, 0.25) is 0 Å². The first-order chi connectivity index (χ1) is 53.0. The van der Waals surface area contributed by atoms with Crippen molar-refractivity contribution in [3.05, 3.63) is 259 Å². The van der Waals surface area contributed by atoms with Crippen molar-refractivity contribution >= 4 is 84.4 Å². The van der Waals surface area contributed by atoms with Crippen LogP contribution in [-0.2, 0) is 92.7 Å². The number of alkyl halides is 6. The van der Waals surface area contributed by atoms with Crippen molar-refractivity contribution in [2.75, 3.05) is 35.5 Å². The summed E-state index contributed by atoms with van der Waals surface area (Å²) in [7, 11) is 6.59. The first kappa shape index (κ1) is 77.4. The maximum Gasteiger partial charge on any atom is 0.418 e.